The van der Waals surface area contributed by atoms with E-state index in [4.69, 9.17) is 21.9 Å². The number of thiocarbonyl (C=S) groups is 1. The Labute approximate surface area is 220 Å². The Morgan fingerprint density at radius 1 is 1.06 bits per heavy atom. The lowest BCUT2D eigenvalue weighted by molar-refractivity contribution is 0.0350. The molecule has 5 rings (SSSR count). The van der Waals surface area contributed by atoms with Crippen LogP contribution in [0.15, 0.2) is 48.7 Å². The molecular formula is C29H37N5OS. The molecule has 0 radical (unpaired) electrons. The number of hydrogen-bond acceptors (Lipinski definition) is 4. The zero-order chi connectivity index (χ0) is 25.2. The summed E-state index contributed by atoms with van der Waals surface area (Å²) < 4.78 is 8.00. The molecule has 0 bridgehead atoms. The average molecular weight is 504 g/mol. The molecule has 0 spiro atoms. The van der Waals surface area contributed by atoms with E-state index in [0.717, 1.165) is 56.6 Å². The number of benzene rings is 1. The maximum absolute atomic E-state index is 5.94. The van der Waals surface area contributed by atoms with Gasteiger partial charge in [-0.2, -0.15) is 0 Å². The van der Waals surface area contributed by atoms with Gasteiger partial charge < -0.3 is 19.5 Å². The lowest BCUT2D eigenvalue weighted by Gasteiger charge is -2.32. The van der Waals surface area contributed by atoms with Crippen LogP contribution in [-0.4, -0.2) is 63.9 Å². The fourth-order valence-electron chi connectivity index (χ4n) is 5.81. The Bertz CT molecular complexity index is 1220. The van der Waals surface area contributed by atoms with Crippen molar-refractivity contribution in [3.05, 3.63) is 82.4 Å². The van der Waals surface area contributed by atoms with Crippen molar-refractivity contribution in [2.75, 3.05) is 39.4 Å². The normalized spacial score (nSPS) is 20.7. The number of nitrogens with zero attached hydrogens (tertiary/aromatic N) is 4. The second-order valence-electron chi connectivity index (χ2n) is 9.87. The van der Waals surface area contributed by atoms with E-state index in [0.29, 0.717) is 0 Å². The standard InChI is InChI=1S/C29H37N5OS/c1-5-23-10-8-9-20(2)27(23)34-21(3)19-24(22(34)4)28-26(25-11-6-7-12-30-25)31-29(36)33(28)14-13-32-15-17-35-18-16-32/h6-12,19,26,28H,5,13-18H2,1-4H3,(H,31,36). The fourth-order valence-corrected chi connectivity index (χ4v) is 6.15. The number of pyridine rings is 1. The predicted octanol–water partition coefficient (Wildman–Crippen LogP) is 4.66. The first-order valence-electron chi connectivity index (χ1n) is 13.1. The number of rotatable bonds is 7. The smallest absolute Gasteiger partial charge is 0.170 e. The summed E-state index contributed by atoms with van der Waals surface area (Å²) in [6, 6.07) is 15.2. The first-order chi connectivity index (χ1) is 17.5. The van der Waals surface area contributed by atoms with Crippen LogP contribution in [0.1, 0.15) is 52.8 Å². The van der Waals surface area contributed by atoms with Crippen LogP contribution in [0.5, 0.6) is 0 Å². The molecule has 1 N–H and O–H groups in total. The molecule has 0 amide bonds. The van der Waals surface area contributed by atoms with Gasteiger partial charge in [0.15, 0.2) is 5.11 Å². The Kier molecular flexibility index (Phi) is 7.42. The van der Waals surface area contributed by atoms with E-state index in [9.17, 15) is 0 Å². The van der Waals surface area contributed by atoms with E-state index in [-0.39, 0.29) is 12.1 Å². The van der Waals surface area contributed by atoms with E-state index >= 15 is 0 Å². The Morgan fingerprint density at radius 2 is 1.86 bits per heavy atom. The highest BCUT2D eigenvalue weighted by Gasteiger charge is 2.41. The predicted molar refractivity (Wildman–Crippen MR) is 149 cm³/mol. The molecular weight excluding hydrogens is 466 g/mol. The fraction of sp³-hybridized carbons (Fsp3) is 0.448. The van der Waals surface area contributed by atoms with Crippen LogP contribution in [0.4, 0.5) is 0 Å². The molecule has 4 heterocycles. The van der Waals surface area contributed by atoms with E-state index in [2.05, 4.69) is 83.8 Å². The number of para-hydroxylation sites is 1. The van der Waals surface area contributed by atoms with E-state index in [1.54, 1.807) is 0 Å². The molecule has 2 aliphatic rings. The van der Waals surface area contributed by atoms with Gasteiger partial charge in [0, 0.05) is 43.8 Å². The van der Waals surface area contributed by atoms with Gasteiger partial charge in [0.05, 0.1) is 36.7 Å². The van der Waals surface area contributed by atoms with Crippen molar-refractivity contribution in [2.24, 2.45) is 0 Å². The number of nitrogens with one attached hydrogen (secondary N) is 1. The number of aryl methyl sites for hydroxylation is 3. The zero-order valence-electron chi connectivity index (χ0n) is 21.8. The Balaban J connectivity index is 1.56. The van der Waals surface area contributed by atoms with Crippen molar-refractivity contribution < 1.29 is 4.74 Å². The van der Waals surface area contributed by atoms with Gasteiger partial charge in [0.25, 0.3) is 0 Å². The number of ether oxygens (including phenoxy) is 1. The summed E-state index contributed by atoms with van der Waals surface area (Å²) in [6.07, 6.45) is 2.87. The molecule has 6 nitrogen and oxygen atoms in total. The summed E-state index contributed by atoms with van der Waals surface area (Å²) >= 11 is 5.94. The molecule has 2 unspecified atom stereocenters. The van der Waals surface area contributed by atoms with Crippen LogP contribution in [0.3, 0.4) is 0 Å². The van der Waals surface area contributed by atoms with Crippen molar-refractivity contribution in [1.29, 1.82) is 0 Å². The van der Waals surface area contributed by atoms with E-state index < -0.39 is 0 Å². The van der Waals surface area contributed by atoms with Gasteiger partial charge in [0.1, 0.15) is 0 Å². The molecule has 36 heavy (non-hydrogen) atoms. The topological polar surface area (TPSA) is 45.6 Å². The maximum atomic E-state index is 5.94. The van der Waals surface area contributed by atoms with Crippen LogP contribution < -0.4 is 5.32 Å². The summed E-state index contributed by atoms with van der Waals surface area (Å²) in [4.78, 5) is 9.59. The molecule has 2 saturated heterocycles. The first-order valence-corrected chi connectivity index (χ1v) is 13.5. The number of hydrogen-bond donors (Lipinski definition) is 1. The minimum Gasteiger partial charge on any atom is -0.379 e. The summed E-state index contributed by atoms with van der Waals surface area (Å²) in [7, 11) is 0. The molecule has 2 atom stereocenters. The largest absolute Gasteiger partial charge is 0.379 e. The van der Waals surface area contributed by atoms with Crippen LogP contribution >= 0.6 is 12.2 Å². The molecule has 3 aromatic rings. The van der Waals surface area contributed by atoms with Gasteiger partial charge in [-0.1, -0.05) is 31.2 Å². The highest BCUT2D eigenvalue weighted by atomic mass is 32.1. The lowest BCUT2D eigenvalue weighted by atomic mass is 9.96. The SMILES string of the molecule is CCc1cccc(C)c1-n1c(C)cc(C2C(c3ccccn3)NC(=S)N2CCN2CCOCC2)c1C. The van der Waals surface area contributed by atoms with E-state index in [1.165, 1.54) is 33.8 Å². The number of aromatic nitrogens is 2. The van der Waals surface area contributed by atoms with Crippen molar-refractivity contribution in [1.82, 2.24) is 24.7 Å². The highest BCUT2D eigenvalue weighted by Crippen LogP contribution is 2.41. The monoisotopic (exact) mass is 503 g/mol. The zero-order valence-corrected chi connectivity index (χ0v) is 22.6. The minimum absolute atomic E-state index is 0.000134. The molecule has 2 fully saturated rings. The van der Waals surface area contributed by atoms with Crippen molar-refractivity contribution in [2.45, 2.75) is 46.2 Å². The Morgan fingerprint density at radius 3 is 2.58 bits per heavy atom. The third-order valence-electron chi connectivity index (χ3n) is 7.67. The third kappa shape index (κ3) is 4.67. The first kappa shape index (κ1) is 24.9. The lowest BCUT2D eigenvalue weighted by Crippen LogP contribution is -2.42. The summed E-state index contributed by atoms with van der Waals surface area (Å²) in [5.74, 6) is 0. The molecule has 0 aliphatic carbocycles. The molecule has 0 saturated carbocycles. The second kappa shape index (κ2) is 10.7. The molecule has 190 valence electrons. The van der Waals surface area contributed by atoms with E-state index in [1.807, 2.05) is 12.3 Å². The Hall–Kier alpha value is -2.74. The van der Waals surface area contributed by atoms with Crippen molar-refractivity contribution in [3.8, 4) is 5.69 Å². The van der Waals surface area contributed by atoms with Crippen LogP contribution in [-0.2, 0) is 11.2 Å². The van der Waals surface area contributed by atoms with Gasteiger partial charge >= 0.3 is 0 Å². The van der Waals surface area contributed by atoms with Crippen molar-refractivity contribution >= 4 is 17.3 Å². The quantitative estimate of drug-likeness (QED) is 0.473. The summed E-state index contributed by atoms with van der Waals surface area (Å²) in [6.45, 7) is 14.3. The maximum Gasteiger partial charge on any atom is 0.170 e. The molecule has 2 aliphatic heterocycles. The minimum atomic E-state index is -0.000134. The van der Waals surface area contributed by atoms with Gasteiger partial charge in [-0.25, -0.2) is 0 Å². The molecule has 2 aromatic heterocycles. The van der Waals surface area contributed by atoms with Gasteiger partial charge in [-0.15, -0.1) is 0 Å². The van der Waals surface area contributed by atoms with Crippen LogP contribution in [0.2, 0.25) is 0 Å². The second-order valence-corrected chi connectivity index (χ2v) is 10.3. The number of morpholine rings is 1. The molecule has 7 heteroatoms. The average Bonchev–Trinajstić information content (AvgIpc) is 3.38. The van der Waals surface area contributed by atoms with Crippen LogP contribution in [0.25, 0.3) is 5.69 Å². The van der Waals surface area contributed by atoms with Crippen molar-refractivity contribution in [3.63, 3.8) is 0 Å². The summed E-state index contributed by atoms with van der Waals surface area (Å²) in [5, 5.41) is 4.43. The van der Waals surface area contributed by atoms with Crippen LogP contribution in [0, 0.1) is 20.8 Å². The van der Waals surface area contributed by atoms with Gasteiger partial charge in [-0.3, -0.25) is 9.88 Å². The molecule has 1 aromatic carbocycles. The third-order valence-corrected chi connectivity index (χ3v) is 8.03. The van der Waals surface area contributed by atoms with Gasteiger partial charge in [-0.05, 0) is 74.3 Å². The highest BCUT2D eigenvalue weighted by molar-refractivity contribution is 7.80. The summed E-state index contributed by atoms with van der Waals surface area (Å²) in [5.41, 5.74) is 8.82. The van der Waals surface area contributed by atoms with Gasteiger partial charge in [0.2, 0.25) is 0 Å².